The Balaban J connectivity index is 2.83. The van der Waals surface area contributed by atoms with Crippen LogP contribution in [0.5, 0.6) is 0 Å². The molecule has 0 spiro atoms. The Hall–Kier alpha value is -0.390. The summed E-state index contributed by atoms with van der Waals surface area (Å²) in [5, 5.41) is 4.37. The lowest BCUT2D eigenvalue weighted by molar-refractivity contribution is 0.0436. The Morgan fingerprint density at radius 1 is 1.47 bits per heavy atom. The van der Waals surface area contributed by atoms with Crippen LogP contribution in [0.2, 0.25) is 0 Å². The van der Waals surface area contributed by atoms with Gasteiger partial charge in [0.2, 0.25) is 0 Å². The van der Waals surface area contributed by atoms with Gasteiger partial charge in [0, 0.05) is 26.6 Å². The summed E-state index contributed by atoms with van der Waals surface area (Å²) < 4.78 is 8.39. The van der Waals surface area contributed by atoms with Crippen LogP contribution in [0.25, 0.3) is 0 Å². The maximum Gasteiger partial charge on any atom is 0.0748 e. The highest BCUT2D eigenvalue weighted by Crippen LogP contribution is 2.23. The number of hydrogen-bond acceptors (Lipinski definition) is 3. The van der Waals surface area contributed by atoms with Gasteiger partial charge in [0.05, 0.1) is 22.0 Å². The molecule has 1 heterocycles. The summed E-state index contributed by atoms with van der Waals surface area (Å²) in [6.07, 6.45) is 0.825. The van der Waals surface area contributed by atoms with Crippen molar-refractivity contribution in [3.05, 3.63) is 15.9 Å². The molecule has 1 rings (SSSR count). The standard InChI is InChI=1S/C12H22BrN3O/c1-7(2)12(17-5)9(14)6-10-11(13)8(3)15-16(10)4/h7,9,12H,6,14H2,1-5H3. The quantitative estimate of drug-likeness (QED) is 0.905. The van der Waals surface area contributed by atoms with Crippen LogP contribution in [0, 0.1) is 12.8 Å². The van der Waals surface area contributed by atoms with Crippen LogP contribution in [0.1, 0.15) is 25.2 Å². The normalized spacial score (nSPS) is 15.3. The molecule has 1 aromatic heterocycles. The van der Waals surface area contributed by atoms with Crippen LogP contribution in [0.3, 0.4) is 0 Å². The van der Waals surface area contributed by atoms with Crippen molar-refractivity contribution in [2.45, 2.75) is 39.3 Å². The lowest BCUT2D eigenvalue weighted by atomic mass is 9.96. The highest BCUT2D eigenvalue weighted by atomic mass is 79.9. The van der Waals surface area contributed by atoms with Crippen LogP contribution >= 0.6 is 15.9 Å². The van der Waals surface area contributed by atoms with Gasteiger partial charge in [0.1, 0.15) is 0 Å². The maximum absolute atomic E-state index is 6.22. The molecule has 0 radical (unpaired) electrons. The van der Waals surface area contributed by atoms with E-state index in [9.17, 15) is 0 Å². The first-order valence-electron chi connectivity index (χ1n) is 5.84. The van der Waals surface area contributed by atoms with Gasteiger partial charge >= 0.3 is 0 Å². The van der Waals surface area contributed by atoms with Crippen molar-refractivity contribution < 1.29 is 4.74 Å². The topological polar surface area (TPSA) is 53.1 Å². The molecule has 2 atom stereocenters. The Kier molecular flexibility index (Phi) is 5.16. The average Bonchev–Trinajstić information content (AvgIpc) is 2.45. The molecular weight excluding hydrogens is 282 g/mol. The van der Waals surface area contributed by atoms with Gasteiger partial charge in [-0.3, -0.25) is 4.68 Å². The molecule has 4 nitrogen and oxygen atoms in total. The molecule has 1 aromatic rings. The lowest BCUT2D eigenvalue weighted by Gasteiger charge is -2.26. The molecule has 0 aromatic carbocycles. The summed E-state index contributed by atoms with van der Waals surface area (Å²) >= 11 is 3.56. The Morgan fingerprint density at radius 2 is 2.06 bits per heavy atom. The monoisotopic (exact) mass is 303 g/mol. The predicted molar refractivity (Wildman–Crippen MR) is 73.0 cm³/mol. The van der Waals surface area contributed by atoms with E-state index in [0.29, 0.717) is 5.92 Å². The van der Waals surface area contributed by atoms with E-state index >= 15 is 0 Å². The van der Waals surface area contributed by atoms with Crippen LogP contribution < -0.4 is 5.73 Å². The summed E-state index contributed by atoms with van der Waals surface area (Å²) in [5.74, 6) is 0.406. The lowest BCUT2D eigenvalue weighted by Crippen LogP contribution is -2.41. The van der Waals surface area contributed by atoms with Crippen LogP contribution in [-0.4, -0.2) is 29.0 Å². The fourth-order valence-electron chi connectivity index (χ4n) is 2.18. The summed E-state index contributed by atoms with van der Waals surface area (Å²) in [6.45, 7) is 6.23. The molecule has 5 heteroatoms. The van der Waals surface area contributed by atoms with E-state index in [-0.39, 0.29) is 12.1 Å². The molecular formula is C12H22BrN3O. The van der Waals surface area contributed by atoms with Crippen LogP contribution in [0.15, 0.2) is 4.47 Å². The van der Waals surface area contributed by atoms with E-state index in [4.69, 9.17) is 10.5 Å². The number of aryl methyl sites for hydroxylation is 2. The SMILES string of the molecule is COC(C(C)C)C(N)Cc1c(Br)c(C)nn1C. The Bertz CT molecular complexity index is 376. The van der Waals surface area contributed by atoms with E-state index in [1.807, 2.05) is 18.7 Å². The first-order chi connectivity index (χ1) is 7.88. The largest absolute Gasteiger partial charge is 0.380 e. The zero-order valence-corrected chi connectivity index (χ0v) is 12.8. The van der Waals surface area contributed by atoms with Gasteiger partial charge in [0.25, 0.3) is 0 Å². The third-order valence-corrected chi connectivity index (χ3v) is 4.07. The second kappa shape index (κ2) is 5.98. The number of nitrogens with zero attached hydrogens (tertiary/aromatic N) is 2. The number of aromatic nitrogens is 2. The van der Waals surface area contributed by atoms with Gasteiger partial charge in [0.15, 0.2) is 0 Å². The fourth-order valence-corrected chi connectivity index (χ4v) is 2.68. The van der Waals surface area contributed by atoms with E-state index in [0.717, 1.165) is 22.3 Å². The number of methoxy groups -OCH3 is 1. The second-order valence-corrected chi connectivity index (χ2v) is 5.58. The number of halogens is 1. The van der Waals surface area contributed by atoms with Gasteiger partial charge in [-0.15, -0.1) is 0 Å². The van der Waals surface area contributed by atoms with Gasteiger partial charge in [-0.1, -0.05) is 13.8 Å². The molecule has 0 bridgehead atoms. The fraction of sp³-hybridized carbons (Fsp3) is 0.750. The number of ether oxygens (including phenoxy) is 1. The summed E-state index contributed by atoms with van der Waals surface area (Å²) in [7, 11) is 3.66. The summed E-state index contributed by atoms with van der Waals surface area (Å²) in [6, 6.07) is -0.0221. The van der Waals surface area contributed by atoms with Crippen molar-refractivity contribution in [2.24, 2.45) is 18.7 Å². The van der Waals surface area contributed by atoms with E-state index in [1.165, 1.54) is 0 Å². The van der Waals surface area contributed by atoms with E-state index < -0.39 is 0 Å². The molecule has 0 saturated carbocycles. The van der Waals surface area contributed by atoms with Crippen LogP contribution in [0.4, 0.5) is 0 Å². The minimum absolute atomic E-state index is 0.0221. The zero-order valence-electron chi connectivity index (χ0n) is 11.2. The Labute approximate surface area is 112 Å². The molecule has 0 aliphatic rings. The van der Waals surface area contributed by atoms with Crippen molar-refractivity contribution in [1.29, 1.82) is 0 Å². The maximum atomic E-state index is 6.22. The van der Waals surface area contributed by atoms with Gasteiger partial charge in [-0.25, -0.2) is 0 Å². The molecule has 0 amide bonds. The van der Waals surface area contributed by atoms with Crippen molar-refractivity contribution in [1.82, 2.24) is 9.78 Å². The number of nitrogens with two attached hydrogens (primary N) is 1. The van der Waals surface area contributed by atoms with Crippen molar-refractivity contribution in [3.8, 4) is 0 Å². The number of hydrogen-bond donors (Lipinski definition) is 1. The molecule has 17 heavy (non-hydrogen) atoms. The highest BCUT2D eigenvalue weighted by Gasteiger charge is 2.23. The molecule has 0 fully saturated rings. The first kappa shape index (κ1) is 14.7. The highest BCUT2D eigenvalue weighted by molar-refractivity contribution is 9.10. The zero-order chi connectivity index (χ0) is 13.2. The minimum Gasteiger partial charge on any atom is -0.380 e. The van der Waals surface area contributed by atoms with Gasteiger partial charge in [-0.2, -0.15) is 5.10 Å². The van der Waals surface area contributed by atoms with E-state index in [2.05, 4.69) is 34.9 Å². The van der Waals surface area contributed by atoms with Crippen molar-refractivity contribution in [2.75, 3.05) is 7.11 Å². The second-order valence-electron chi connectivity index (χ2n) is 4.78. The molecule has 2 N–H and O–H groups in total. The molecule has 98 valence electrons. The molecule has 2 unspecified atom stereocenters. The smallest absolute Gasteiger partial charge is 0.0748 e. The van der Waals surface area contributed by atoms with Gasteiger partial charge < -0.3 is 10.5 Å². The summed E-state index contributed by atoms with van der Waals surface area (Å²) in [5.41, 5.74) is 8.34. The minimum atomic E-state index is -0.0221. The number of rotatable bonds is 5. The van der Waals surface area contributed by atoms with Crippen molar-refractivity contribution >= 4 is 15.9 Å². The average molecular weight is 304 g/mol. The van der Waals surface area contributed by atoms with Crippen LogP contribution in [-0.2, 0) is 18.2 Å². The van der Waals surface area contributed by atoms with Gasteiger partial charge in [-0.05, 0) is 28.8 Å². The van der Waals surface area contributed by atoms with E-state index in [1.54, 1.807) is 7.11 Å². The molecule has 0 aliphatic carbocycles. The third kappa shape index (κ3) is 3.30. The first-order valence-corrected chi connectivity index (χ1v) is 6.64. The molecule has 0 saturated heterocycles. The Morgan fingerprint density at radius 3 is 2.41 bits per heavy atom. The molecule has 0 aliphatic heterocycles. The third-order valence-electron chi connectivity index (χ3n) is 3.04. The van der Waals surface area contributed by atoms with Crippen molar-refractivity contribution in [3.63, 3.8) is 0 Å². The predicted octanol–water partition coefficient (Wildman–Crippen LogP) is 2.03. The summed E-state index contributed by atoms with van der Waals surface area (Å²) in [4.78, 5) is 0.